The van der Waals surface area contributed by atoms with Crippen molar-refractivity contribution in [2.75, 3.05) is 0 Å². The fourth-order valence-electron chi connectivity index (χ4n) is 3.88. The molecule has 0 aromatic carbocycles. The van der Waals surface area contributed by atoms with Crippen molar-refractivity contribution < 1.29 is 14.0 Å². The van der Waals surface area contributed by atoms with Gasteiger partial charge in [0.15, 0.2) is 8.32 Å². The van der Waals surface area contributed by atoms with E-state index in [4.69, 9.17) is 9.16 Å². The second-order valence-electron chi connectivity index (χ2n) is 9.71. The van der Waals surface area contributed by atoms with Crippen LogP contribution in [0.3, 0.4) is 0 Å². The Balaban J connectivity index is 4.34. The van der Waals surface area contributed by atoms with Crippen LogP contribution in [0.2, 0.25) is 17.6 Å². The summed E-state index contributed by atoms with van der Waals surface area (Å²) in [5.74, 6) is 0.585. The van der Waals surface area contributed by atoms with E-state index >= 15 is 0 Å². The van der Waals surface area contributed by atoms with Crippen LogP contribution in [0.4, 0.5) is 0 Å². The van der Waals surface area contributed by atoms with Crippen LogP contribution in [0.5, 0.6) is 0 Å². The number of hydrogen-bond donors (Lipinski definition) is 0. The summed E-state index contributed by atoms with van der Waals surface area (Å²) in [4.78, 5) is 11.8. The minimum absolute atomic E-state index is 0.0753. The van der Waals surface area contributed by atoms with Gasteiger partial charge in [-0.05, 0) is 70.0 Å². The van der Waals surface area contributed by atoms with Crippen LogP contribution in [-0.2, 0) is 14.0 Å². The Morgan fingerprint density at radius 3 is 2.11 bits per heavy atom. The molecule has 0 aliphatic carbocycles. The first-order chi connectivity index (χ1) is 13.0. The molecule has 0 aliphatic rings. The molecular formula is C24H48O3Si. The lowest BCUT2D eigenvalue weighted by molar-refractivity contribution is -0.154. The molecule has 0 spiro atoms. The molecular weight excluding hydrogens is 364 g/mol. The molecule has 0 aromatic heterocycles. The van der Waals surface area contributed by atoms with Gasteiger partial charge in [-0.25, -0.2) is 0 Å². The number of hydrogen-bond acceptors (Lipinski definition) is 3. The van der Waals surface area contributed by atoms with E-state index in [1.165, 1.54) is 18.5 Å². The topological polar surface area (TPSA) is 35.5 Å². The van der Waals surface area contributed by atoms with Crippen molar-refractivity contribution >= 4 is 14.3 Å². The van der Waals surface area contributed by atoms with Gasteiger partial charge in [-0.1, -0.05) is 53.5 Å². The first-order valence-electron chi connectivity index (χ1n) is 11.5. The SMILES string of the molecule is C=CC[C@H](CC[C@H](C)CCCCC(=O)OC(C)(C)C)O[Si](CC)(CC)C(C)C. The van der Waals surface area contributed by atoms with Crippen molar-refractivity contribution in [3.05, 3.63) is 12.7 Å². The quantitative estimate of drug-likeness (QED) is 0.120. The fraction of sp³-hybridized carbons (Fsp3) is 0.875. The maximum atomic E-state index is 11.8. The number of esters is 1. The summed E-state index contributed by atoms with van der Waals surface area (Å²) in [5.41, 5.74) is 0.274. The average Bonchev–Trinajstić information content (AvgIpc) is 2.59. The summed E-state index contributed by atoms with van der Waals surface area (Å²) in [6.07, 6.45) is 9.27. The molecule has 166 valence electrons. The highest BCUT2D eigenvalue weighted by molar-refractivity contribution is 6.75. The molecule has 0 saturated heterocycles. The molecule has 0 aromatic rings. The van der Waals surface area contributed by atoms with Crippen molar-refractivity contribution in [1.82, 2.24) is 0 Å². The molecule has 3 nitrogen and oxygen atoms in total. The Kier molecular flexibility index (Phi) is 13.3. The summed E-state index contributed by atoms with van der Waals surface area (Å²) in [6, 6.07) is 2.38. The Labute approximate surface area is 176 Å². The molecule has 0 heterocycles. The Hall–Kier alpha value is -0.613. The van der Waals surface area contributed by atoms with Crippen LogP contribution in [0.25, 0.3) is 0 Å². The van der Waals surface area contributed by atoms with Crippen molar-refractivity contribution in [3.63, 3.8) is 0 Å². The van der Waals surface area contributed by atoms with Crippen molar-refractivity contribution in [2.45, 2.75) is 130 Å². The fourth-order valence-corrected chi connectivity index (χ4v) is 7.50. The van der Waals surface area contributed by atoms with Crippen LogP contribution in [-0.4, -0.2) is 26.0 Å². The summed E-state index contributed by atoms with van der Waals surface area (Å²) < 4.78 is 12.2. The van der Waals surface area contributed by atoms with E-state index in [1.807, 2.05) is 26.8 Å². The molecule has 28 heavy (non-hydrogen) atoms. The lowest BCUT2D eigenvalue weighted by atomic mass is 9.96. The zero-order chi connectivity index (χ0) is 21.8. The van der Waals surface area contributed by atoms with Crippen LogP contribution < -0.4 is 0 Å². The third-order valence-electron chi connectivity index (χ3n) is 5.81. The number of unbranched alkanes of at least 4 members (excludes halogenated alkanes) is 1. The van der Waals surface area contributed by atoms with Gasteiger partial charge in [0.05, 0.1) is 0 Å². The maximum absolute atomic E-state index is 11.8. The number of rotatable bonds is 15. The van der Waals surface area contributed by atoms with Gasteiger partial charge >= 0.3 is 5.97 Å². The monoisotopic (exact) mass is 412 g/mol. The second kappa shape index (κ2) is 13.6. The molecule has 4 heteroatoms. The molecule has 0 radical (unpaired) electrons. The minimum Gasteiger partial charge on any atom is -0.460 e. The molecule has 0 saturated carbocycles. The van der Waals surface area contributed by atoms with Gasteiger partial charge in [-0.3, -0.25) is 4.79 Å². The second-order valence-corrected chi connectivity index (χ2v) is 14.6. The normalized spacial score (nSPS) is 14.8. The zero-order valence-electron chi connectivity index (χ0n) is 20.1. The van der Waals surface area contributed by atoms with Crippen LogP contribution in [0.1, 0.15) is 100 Å². The standard InChI is InChI=1S/C24H48O3Si/c1-10-15-22(27-28(11-2,12-3)20(4)5)19-18-21(6)16-13-14-17-23(25)26-24(7,8)9/h10,20-22H,1,11-19H2,2-9H3/t21-,22-/m1/s1. The highest BCUT2D eigenvalue weighted by Crippen LogP contribution is 2.33. The van der Waals surface area contributed by atoms with E-state index < -0.39 is 8.32 Å². The molecule has 0 amide bonds. The van der Waals surface area contributed by atoms with Gasteiger partial charge in [0.1, 0.15) is 5.60 Å². The lowest BCUT2D eigenvalue weighted by Gasteiger charge is -2.37. The van der Waals surface area contributed by atoms with Crippen LogP contribution in [0, 0.1) is 5.92 Å². The van der Waals surface area contributed by atoms with E-state index in [-0.39, 0.29) is 11.6 Å². The molecule has 0 bridgehead atoms. The van der Waals surface area contributed by atoms with Gasteiger partial charge < -0.3 is 9.16 Å². The summed E-state index contributed by atoms with van der Waals surface area (Å²) >= 11 is 0. The lowest BCUT2D eigenvalue weighted by Crippen LogP contribution is -2.43. The molecule has 0 rings (SSSR count). The summed E-state index contributed by atoms with van der Waals surface area (Å²) in [7, 11) is -1.66. The number of carbonyl (C=O) groups is 1. The number of ether oxygens (including phenoxy) is 1. The first-order valence-corrected chi connectivity index (χ1v) is 13.9. The highest BCUT2D eigenvalue weighted by atomic mass is 28.4. The van der Waals surface area contributed by atoms with Gasteiger partial charge in [0.25, 0.3) is 0 Å². The van der Waals surface area contributed by atoms with E-state index in [2.05, 4.69) is 41.2 Å². The van der Waals surface area contributed by atoms with Gasteiger partial charge in [-0.15, -0.1) is 6.58 Å². The Morgan fingerprint density at radius 2 is 1.64 bits per heavy atom. The summed E-state index contributed by atoms with van der Waals surface area (Å²) in [6.45, 7) is 21.3. The van der Waals surface area contributed by atoms with E-state index in [9.17, 15) is 4.79 Å². The van der Waals surface area contributed by atoms with Crippen molar-refractivity contribution in [3.8, 4) is 0 Å². The largest absolute Gasteiger partial charge is 0.460 e. The Morgan fingerprint density at radius 1 is 1.04 bits per heavy atom. The Bertz CT molecular complexity index is 436. The smallest absolute Gasteiger partial charge is 0.306 e. The number of carbonyl (C=O) groups excluding carboxylic acids is 1. The van der Waals surface area contributed by atoms with Gasteiger partial charge in [0, 0.05) is 12.5 Å². The third kappa shape index (κ3) is 11.4. The maximum Gasteiger partial charge on any atom is 0.306 e. The first kappa shape index (κ1) is 27.4. The molecule has 0 fully saturated rings. The van der Waals surface area contributed by atoms with Gasteiger partial charge in [0.2, 0.25) is 0 Å². The van der Waals surface area contributed by atoms with Gasteiger partial charge in [-0.2, -0.15) is 0 Å². The average molecular weight is 413 g/mol. The van der Waals surface area contributed by atoms with Crippen molar-refractivity contribution in [1.29, 1.82) is 0 Å². The van der Waals surface area contributed by atoms with E-state index in [0.717, 1.165) is 32.1 Å². The summed E-state index contributed by atoms with van der Waals surface area (Å²) in [5, 5.41) is 0. The minimum atomic E-state index is -1.66. The van der Waals surface area contributed by atoms with E-state index in [1.54, 1.807) is 0 Å². The van der Waals surface area contributed by atoms with Crippen molar-refractivity contribution in [2.24, 2.45) is 5.92 Å². The van der Waals surface area contributed by atoms with Crippen LogP contribution >= 0.6 is 0 Å². The molecule has 0 unspecified atom stereocenters. The predicted octanol–water partition coefficient (Wildman–Crippen LogP) is 7.66. The zero-order valence-corrected chi connectivity index (χ0v) is 21.1. The predicted molar refractivity (Wildman–Crippen MR) is 124 cm³/mol. The van der Waals surface area contributed by atoms with E-state index in [0.29, 0.717) is 24.0 Å². The molecule has 0 N–H and O–H groups in total. The highest BCUT2D eigenvalue weighted by Gasteiger charge is 2.37. The van der Waals surface area contributed by atoms with Crippen LogP contribution in [0.15, 0.2) is 12.7 Å². The molecule has 2 atom stereocenters. The third-order valence-corrected chi connectivity index (χ3v) is 11.1. The molecule has 0 aliphatic heterocycles.